The predicted molar refractivity (Wildman–Crippen MR) is 170 cm³/mol. The zero-order valence-electron chi connectivity index (χ0n) is 26.2. The van der Waals surface area contributed by atoms with Gasteiger partial charge in [-0.05, 0) is 102 Å². The van der Waals surface area contributed by atoms with Crippen LogP contribution in [0.2, 0.25) is 0 Å². The summed E-state index contributed by atoms with van der Waals surface area (Å²) in [4.78, 5) is 16.0. The Morgan fingerprint density at radius 3 is 2.17 bits per heavy atom. The van der Waals surface area contributed by atoms with Gasteiger partial charge >= 0.3 is 0 Å². The van der Waals surface area contributed by atoms with Crippen LogP contribution in [-0.2, 0) is 24.9 Å². The average Bonchev–Trinajstić information content (AvgIpc) is 2.86. The number of hydrogen-bond acceptors (Lipinski definition) is 3. The number of hydrogen-bond donors (Lipinski definition) is 1. The molecule has 0 amide bonds. The Labute approximate surface area is 267 Å². The van der Waals surface area contributed by atoms with E-state index >= 15 is 0 Å². The maximum Gasteiger partial charge on any atom is 0.159 e. The Morgan fingerprint density at radius 1 is 0.929 bits per heavy atom. The molecule has 4 aliphatic rings. The second-order valence-electron chi connectivity index (χ2n) is 14.1. The van der Waals surface area contributed by atoms with Gasteiger partial charge in [-0.25, -0.2) is 0 Å². The first-order valence-electron chi connectivity index (χ1n) is 15.9. The zero-order valence-corrected chi connectivity index (χ0v) is 28.6. The standard InChI is InChI=1S/C27H28N.C11H20O2.Ir/c1-16-7-17(2)9-24(8-16)27-25-4-3-21(15-20(25)5-6-28-27)26-22-11-18-10-19(13-22)14-23(26)12-18;1-8(2)5-10(12)7-11(13)6-9(3)4;/h3-8,15,18-19,22-23,26H,10-14H2,1-2H3;7-9,12H,5-6H2,1-4H3;/q-1;;/b;10-7-;. The Hall–Kier alpha value is -2.29. The van der Waals surface area contributed by atoms with Crippen LogP contribution in [0.25, 0.3) is 22.0 Å². The number of aliphatic hydroxyl groups is 1. The van der Waals surface area contributed by atoms with Gasteiger partial charge in [-0.3, -0.25) is 4.79 Å². The summed E-state index contributed by atoms with van der Waals surface area (Å²) in [5.41, 5.74) is 6.23. The molecule has 1 heterocycles. The molecule has 4 aliphatic carbocycles. The average molecular weight is 743 g/mol. The summed E-state index contributed by atoms with van der Waals surface area (Å²) < 4.78 is 0. The number of ketones is 1. The van der Waals surface area contributed by atoms with Crippen molar-refractivity contribution in [2.75, 3.05) is 0 Å². The van der Waals surface area contributed by atoms with Crippen molar-refractivity contribution in [3.05, 3.63) is 77.2 Å². The zero-order chi connectivity index (χ0) is 29.3. The minimum absolute atomic E-state index is 0. The summed E-state index contributed by atoms with van der Waals surface area (Å²) >= 11 is 0. The number of carbonyl (C=O) groups excluding carboxylic acids is 1. The van der Waals surface area contributed by atoms with Gasteiger partial charge in [0.25, 0.3) is 0 Å². The van der Waals surface area contributed by atoms with Crippen LogP contribution in [-0.4, -0.2) is 15.9 Å². The van der Waals surface area contributed by atoms with Gasteiger partial charge in [-0.2, -0.15) is 0 Å². The van der Waals surface area contributed by atoms with E-state index in [-0.39, 0.29) is 31.6 Å². The summed E-state index contributed by atoms with van der Waals surface area (Å²) in [5, 5.41) is 11.9. The molecular formula is C38H48IrNO2-. The molecule has 1 radical (unpaired) electrons. The number of allylic oxidation sites excluding steroid dienone is 2. The number of carbonyl (C=O) groups is 1. The first-order chi connectivity index (χ1) is 19.5. The summed E-state index contributed by atoms with van der Waals surface area (Å²) in [6, 6.07) is 17.3. The molecule has 3 aromatic rings. The molecule has 0 aliphatic heterocycles. The second kappa shape index (κ2) is 14.0. The minimum atomic E-state index is 0. The van der Waals surface area contributed by atoms with Crippen LogP contribution in [0, 0.1) is 55.4 Å². The van der Waals surface area contributed by atoms with Crippen molar-refractivity contribution in [3.8, 4) is 11.3 Å². The van der Waals surface area contributed by atoms with E-state index in [0.717, 1.165) is 40.8 Å². The molecule has 227 valence electrons. The van der Waals surface area contributed by atoms with Gasteiger partial charge in [0.05, 0.1) is 5.76 Å². The molecule has 4 heteroatoms. The van der Waals surface area contributed by atoms with Crippen molar-refractivity contribution in [1.82, 2.24) is 4.98 Å². The van der Waals surface area contributed by atoms with Gasteiger partial charge in [-0.1, -0.05) is 59.7 Å². The Balaban J connectivity index is 0.000000249. The van der Waals surface area contributed by atoms with Crippen molar-refractivity contribution in [1.29, 1.82) is 0 Å². The fraction of sp³-hybridized carbons (Fsp3) is 0.526. The van der Waals surface area contributed by atoms with E-state index in [2.05, 4.69) is 56.3 Å². The first kappa shape index (κ1) is 32.6. The number of aryl methyl sites for hydroxylation is 2. The van der Waals surface area contributed by atoms with Crippen molar-refractivity contribution < 1.29 is 30.0 Å². The summed E-state index contributed by atoms with van der Waals surface area (Å²) in [6.45, 7) is 12.3. The summed E-state index contributed by atoms with van der Waals surface area (Å²) in [5.74, 6) is 5.71. The van der Waals surface area contributed by atoms with Crippen LogP contribution in [0.15, 0.2) is 54.4 Å². The molecule has 2 aromatic carbocycles. The predicted octanol–water partition coefficient (Wildman–Crippen LogP) is 9.95. The van der Waals surface area contributed by atoms with E-state index in [4.69, 9.17) is 4.98 Å². The van der Waals surface area contributed by atoms with Crippen molar-refractivity contribution in [3.63, 3.8) is 0 Å². The number of pyridine rings is 1. The molecule has 1 N–H and O–H groups in total. The van der Waals surface area contributed by atoms with Gasteiger partial charge in [0.2, 0.25) is 0 Å². The van der Waals surface area contributed by atoms with Crippen molar-refractivity contribution in [2.45, 2.75) is 92.4 Å². The number of nitrogens with zero attached hydrogens (tertiary/aromatic N) is 1. The van der Waals surface area contributed by atoms with E-state index in [1.165, 1.54) is 60.1 Å². The molecule has 0 spiro atoms. The van der Waals surface area contributed by atoms with Gasteiger partial charge in [0, 0.05) is 45.2 Å². The third-order valence-corrected chi connectivity index (χ3v) is 9.36. The maximum atomic E-state index is 11.2. The molecular weight excluding hydrogens is 695 g/mol. The second-order valence-corrected chi connectivity index (χ2v) is 14.1. The van der Waals surface area contributed by atoms with Gasteiger partial charge in [0.15, 0.2) is 5.78 Å². The van der Waals surface area contributed by atoms with Crippen molar-refractivity contribution in [2.24, 2.45) is 35.5 Å². The summed E-state index contributed by atoms with van der Waals surface area (Å²) in [6.07, 6.45) is 11.9. The normalized spacial score (nSPS) is 24.5. The molecule has 4 fully saturated rings. The summed E-state index contributed by atoms with van der Waals surface area (Å²) in [7, 11) is 0. The van der Waals surface area contributed by atoms with E-state index in [1.54, 1.807) is 5.56 Å². The van der Waals surface area contributed by atoms with E-state index in [9.17, 15) is 9.90 Å². The molecule has 4 bridgehead atoms. The Bertz CT molecular complexity index is 1370. The van der Waals surface area contributed by atoms with E-state index < -0.39 is 0 Å². The van der Waals surface area contributed by atoms with E-state index in [0.29, 0.717) is 24.7 Å². The molecule has 7 rings (SSSR count). The Kier molecular flexibility index (Phi) is 10.9. The SMILES string of the molecule is CC(C)CC(=O)/C=C(\O)CC(C)C.Cc1[c-]c(-c2nccc3cc(C4C5CC6CC(C5)CC4C6)ccc23)cc(C)c1.[Ir]. The smallest absolute Gasteiger partial charge is 0.159 e. The topological polar surface area (TPSA) is 50.2 Å². The van der Waals surface area contributed by atoms with Crippen LogP contribution in [0.1, 0.15) is 95.2 Å². The molecule has 42 heavy (non-hydrogen) atoms. The number of aliphatic hydroxyl groups excluding tert-OH is 1. The minimum Gasteiger partial charge on any atom is -0.512 e. The van der Waals surface area contributed by atoms with Crippen LogP contribution in [0.4, 0.5) is 0 Å². The first-order valence-corrected chi connectivity index (χ1v) is 15.9. The van der Waals surface area contributed by atoms with Crippen molar-refractivity contribution >= 4 is 16.6 Å². The monoisotopic (exact) mass is 743 g/mol. The van der Waals surface area contributed by atoms with Gasteiger partial charge < -0.3 is 10.1 Å². The number of rotatable bonds is 7. The van der Waals surface area contributed by atoms with Crippen LogP contribution in [0.3, 0.4) is 0 Å². The molecule has 0 saturated heterocycles. The van der Waals surface area contributed by atoms with Crippen LogP contribution in [0.5, 0.6) is 0 Å². The quantitative estimate of drug-likeness (QED) is 0.149. The maximum absolute atomic E-state index is 11.2. The Morgan fingerprint density at radius 2 is 1.57 bits per heavy atom. The molecule has 0 atom stereocenters. The fourth-order valence-corrected chi connectivity index (χ4v) is 8.24. The number of aromatic nitrogens is 1. The third kappa shape index (κ3) is 7.80. The fourth-order valence-electron chi connectivity index (χ4n) is 8.24. The number of benzene rings is 2. The van der Waals surface area contributed by atoms with Crippen LogP contribution >= 0.6 is 0 Å². The molecule has 1 aromatic heterocycles. The van der Waals surface area contributed by atoms with Crippen LogP contribution < -0.4 is 0 Å². The molecule has 4 saturated carbocycles. The van der Waals surface area contributed by atoms with Gasteiger partial charge in [0.1, 0.15) is 0 Å². The van der Waals surface area contributed by atoms with Gasteiger partial charge in [-0.15, -0.1) is 34.9 Å². The number of fused-ring (bicyclic) bond motifs is 1. The molecule has 3 nitrogen and oxygen atoms in total. The molecule has 0 unspecified atom stereocenters. The van der Waals surface area contributed by atoms with E-state index in [1.807, 2.05) is 33.9 Å². The third-order valence-electron chi connectivity index (χ3n) is 9.36. The largest absolute Gasteiger partial charge is 0.512 e.